The summed E-state index contributed by atoms with van der Waals surface area (Å²) >= 11 is 0. The molecule has 2 aromatic rings. The Labute approximate surface area is 141 Å². The lowest BCUT2D eigenvalue weighted by atomic mass is 10.1. The van der Waals surface area contributed by atoms with Gasteiger partial charge in [-0.3, -0.25) is 4.79 Å². The molecule has 0 aliphatic carbocycles. The highest BCUT2D eigenvalue weighted by atomic mass is 16.6. The largest absolute Gasteiger partial charge is 0.497 e. The van der Waals surface area contributed by atoms with E-state index in [9.17, 15) is 4.79 Å². The van der Waals surface area contributed by atoms with Crippen molar-refractivity contribution in [3.8, 4) is 5.75 Å². The number of oxime groups is 1. The van der Waals surface area contributed by atoms with E-state index in [0.29, 0.717) is 23.7 Å². The van der Waals surface area contributed by atoms with Crippen molar-refractivity contribution in [1.82, 2.24) is 0 Å². The minimum atomic E-state index is -0.317. The van der Waals surface area contributed by atoms with E-state index in [1.807, 2.05) is 30.3 Å². The van der Waals surface area contributed by atoms with Gasteiger partial charge in [0, 0.05) is 18.2 Å². The van der Waals surface area contributed by atoms with E-state index in [0.717, 1.165) is 6.42 Å². The first kappa shape index (κ1) is 17.3. The van der Waals surface area contributed by atoms with Crippen LogP contribution in [0.2, 0.25) is 0 Å². The molecule has 126 valence electrons. The van der Waals surface area contributed by atoms with Gasteiger partial charge < -0.3 is 20.6 Å². The molecule has 0 bridgehead atoms. The van der Waals surface area contributed by atoms with E-state index in [1.54, 1.807) is 31.4 Å². The molecule has 0 aliphatic rings. The van der Waals surface area contributed by atoms with Gasteiger partial charge in [0.25, 0.3) is 5.91 Å². The number of ether oxygens (including phenoxy) is 1. The lowest BCUT2D eigenvalue weighted by molar-refractivity contribution is -0.120. The third-order valence-corrected chi connectivity index (χ3v) is 3.24. The minimum Gasteiger partial charge on any atom is -0.497 e. The molecule has 6 heteroatoms. The lowest BCUT2D eigenvalue weighted by Crippen LogP contribution is -2.19. The van der Waals surface area contributed by atoms with Crippen molar-refractivity contribution in [2.45, 2.75) is 12.8 Å². The molecular weight excluding hydrogens is 306 g/mol. The zero-order valence-electron chi connectivity index (χ0n) is 13.6. The monoisotopic (exact) mass is 327 g/mol. The summed E-state index contributed by atoms with van der Waals surface area (Å²) in [7, 11) is 1.57. The number of benzene rings is 2. The van der Waals surface area contributed by atoms with E-state index >= 15 is 0 Å². The molecule has 0 radical (unpaired) electrons. The van der Waals surface area contributed by atoms with E-state index in [2.05, 4.69) is 10.5 Å². The molecule has 0 spiro atoms. The van der Waals surface area contributed by atoms with Gasteiger partial charge in [-0.05, 0) is 24.1 Å². The fraction of sp³-hybridized carbons (Fsp3) is 0.222. The molecule has 0 aromatic heterocycles. The van der Waals surface area contributed by atoms with Gasteiger partial charge in [0.05, 0.1) is 7.11 Å². The van der Waals surface area contributed by atoms with Crippen LogP contribution in [-0.2, 0) is 16.1 Å². The van der Waals surface area contributed by atoms with Gasteiger partial charge in [-0.25, -0.2) is 0 Å². The van der Waals surface area contributed by atoms with Crippen molar-refractivity contribution in [3.63, 3.8) is 0 Å². The maximum Gasteiger partial charge on any atom is 0.265 e. The molecule has 0 fully saturated rings. The lowest BCUT2D eigenvalue weighted by Gasteiger charge is -2.06. The van der Waals surface area contributed by atoms with Gasteiger partial charge in [0.15, 0.2) is 6.61 Å². The van der Waals surface area contributed by atoms with Crippen LogP contribution in [0.4, 0.5) is 5.69 Å². The van der Waals surface area contributed by atoms with E-state index < -0.39 is 0 Å². The Hall–Kier alpha value is -3.02. The zero-order valence-corrected chi connectivity index (χ0v) is 13.6. The van der Waals surface area contributed by atoms with Gasteiger partial charge in [0.1, 0.15) is 11.6 Å². The molecule has 1 amide bonds. The summed E-state index contributed by atoms with van der Waals surface area (Å²) < 4.78 is 5.09. The summed E-state index contributed by atoms with van der Waals surface area (Å²) in [4.78, 5) is 16.8. The van der Waals surface area contributed by atoms with Crippen LogP contribution in [0.1, 0.15) is 12.0 Å². The first-order valence-electron chi connectivity index (χ1n) is 7.59. The highest BCUT2D eigenvalue weighted by Crippen LogP contribution is 2.16. The number of carbonyl (C=O) groups is 1. The number of nitrogens with one attached hydrogen (secondary N) is 1. The van der Waals surface area contributed by atoms with E-state index in [1.165, 1.54) is 5.56 Å². The van der Waals surface area contributed by atoms with Crippen molar-refractivity contribution in [3.05, 3.63) is 60.2 Å². The van der Waals surface area contributed by atoms with E-state index in [-0.39, 0.29) is 12.5 Å². The summed E-state index contributed by atoms with van der Waals surface area (Å²) in [6.07, 6.45) is 1.34. The summed E-state index contributed by atoms with van der Waals surface area (Å²) in [5, 5.41) is 6.46. The molecule has 6 nitrogen and oxygen atoms in total. The Bertz CT molecular complexity index is 687. The molecule has 0 aliphatic heterocycles. The average Bonchev–Trinajstić information content (AvgIpc) is 2.61. The van der Waals surface area contributed by atoms with Crippen LogP contribution in [0.3, 0.4) is 0 Å². The summed E-state index contributed by atoms with van der Waals surface area (Å²) in [6, 6.07) is 17.0. The van der Waals surface area contributed by atoms with Gasteiger partial charge in [-0.2, -0.15) is 0 Å². The predicted molar refractivity (Wildman–Crippen MR) is 94.0 cm³/mol. The van der Waals surface area contributed by atoms with Crippen LogP contribution >= 0.6 is 0 Å². The second-order valence-corrected chi connectivity index (χ2v) is 5.12. The fourth-order valence-corrected chi connectivity index (χ4v) is 2.03. The normalized spacial score (nSPS) is 11.0. The molecule has 2 rings (SSSR count). The Morgan fingerprint density at radius 1 is 1.17 bits per heavy atom. The van der Waals surface area contributed by atoms with Gasteiger partial charge in [-0.15, -0.1) is 0 Å². The number of amidine groups is 1. The topological polar surface area (TPSA) is 85.9 Å². The number of carbonyl (C=O) groups excluding carboxylic acids is 1. The predicted octanol–water partition coefficient (Wildman–Crippen LogP) is 2.56. The summed E-state index contributed by atoms with van der Waals surface area (Å²) in [5.41, 5.74) is 7.58. The van der Waals surface area contributed by atoms with Crippen LogP contribution < -0.4 is 15.8 Å². The Morgan fingerprint density at radius 3 is 2.71 bits per heavy atom. The standard InChI is InChI=1S/C18H21N3O3/c1-23-16-9-5-8-15(12-16)20-18(22)13-24-21-17(19)11-10-14-6-3-2-4-7-14/h2-9,12H,10-11,13H2,1H3,(H2,19,21)(H,20,22). The molecule has 0 saturated carbocycles. The van der Waals surface area contributed by atoms with Crippen LogP contribution in [0.25, 0.3) is 0 Å². The van der Waals surface area contributed by atoms with Crippen molar-refractivity contribution >= 4 is 17.4 Å². The third kappa shape index (κ3) is 6.00. The number of nitrogens with zero attached hydrogens (tertiary/aromatic N) is 1. The van der Waals surface area contributed by atoms with Gasteiger partial charge in [0.2, 0.25) is 0 Å². The molecule has 0 atom stereocenters. The number of amides is 1. The number of nitrogens with two attached hydrogens (primary N) is 1. The van der Waals surface area contributed by atoms with Gasteiger partial charge >= 0.3 is 0 Å². The number of methoxy groups -OCH3 is 1. The fourth-order valence-electron chi connectivity index (χ4n) is 2.03. The van der Waals surface area contributed by atoms with Crippen LogP contribution in [0.15, 0.2) is 59.8 Å². The number of hydrogen-bond donors (Lipinski definition) is 2. The quantitative estimate of drug-likeness (QED) is 0.443. The molecule has 3 N–H and O–H groups in total. The number of anilines is 1. The summed E-state index contributed by atoms with van der Waals surface area (Å²) in [6.45, 7) is -0.205. The minimum absolute atomic E-state index is 0.205. The second kappa shape index (κ2) is 9.19. The zero-order chi connectivity index (χ0) is 17.2. The summed E-state index contributed by atoms with van der Waals surface area (Å²) in [5.74, 6) is 0.702. The van der Waals surface area contributed by atoms with E-state index in [4.69, 9.17) is 15.3 Å². The smallest absolute Gasteiger partial charge is 0.265 e. The maximum atomic E-state index is 11.8. The van der Waals surface area contributed by atoms with Crippen LogP contribution in [-0.4, -0.2) is 25.5 Å². The van der Waals surface area contributed by atoms with Crippen LogP contribution in [0.5, 0.6) is 5.75 Å². The van der Waals surface area contributed by atoms with Gasteiger partial charge in [-0.1, -0.05) is 41.6 Å². The number of aryl methyl sites for hydroxylation is 1. The highest BCUT2D eigenvalue weighted by Gasteiger charge is 2.04. The van der Waals surface area contributed by atoms with Crippen molar-refractivity contribution in [2.24, 2.45) is 10.9 Å². The number of hydrogen-bond acceptors (Lipinski definition) is 4. The number of rotatable bonds is 8. The Morgan fingerprint density at radius 2 is 1.96 bits per heavy atom. The molecule has 24 heavy (non-hydrogen) atoms. The Kier molecular flexibility index (Phi) is 6.64. The average molecular weight is 327 g/mol. The third-order valence-electron chi connectivity index (χ3n) is 3.24. The highest BCUT2D eigenvalue weighted by molar-refractivity contribution is 5.92. The SMILES string of the molecule is COc1cccc(NC(=O)CO/N=C(\N)CCc2ccccc2)c1. The Balaban J connectivity index is 1.72. The molecular formula is C18H21N3O3. The molecule has 0 unspecified atom stereocenters. The first-order valence-corrected chi connectivity index (χ1v) is 7.59. The molecule has 2 aromatic carbocycles. The maximum absolute atomic E-state index is 11.8. The molecule has 0 saturated heterocycles. The van der Waals surface area contributed by atoms with Crippen molar-refractivity contribution < 1.29 is 14.4 Å². The van der Waals surface area contributed by atoms with Crippen LogP contribution in [0, 0.1) is 0 Å². The first-order chi connectivity index (χ1) is 11.7. The van der Waals surface area contributed by atoms with Crippen molar-refractivity contribution in [2.75, 3.05) is 19.0 Å². The molecule has 0 heterocycles. The van der Waals surface area contributed by atoms with Crippen molar-refractivity contribution in [1.29, 1.82) is 0 Å². The second-order valence-electron chi connectivity index (χ2n) is 5.12.